The first kappa shape index (κ1) is 11.3. The number of hydrogen-bond acceptors (Lipinski definition) is 3. The molecule has 0 amide bonds. The van der Waals surface area contributed by atoms with E-state index >= 15 is 0 Å². The molecular formula is C13H17BNO2. The second-order valence-electron chi connectivity index (χ2n) is 4.89. The molecule has 1 aromatic rings. The van der Waals surface area contributed by atoms with Crippen molar-refractivity contribution >= 4 is 7.28 Å². The molecule has 0 aromatic heterocycles. The zero-order chi connectivity index (χ0) is 11.7. The second-order valence-corrected chi connectivity index (χ2v) is 4.89. The summed E-state index contributed by atoms with van der Waals surface area (Å²) in [7, 11) is 2.25. The van der Waals surface area contributed by atoms with Crippen molar-refractivity contribution in [3.05, 3.63) is 35.9 Å². The third-order valence-electron chi connectivity index (χ3n) is 3.57. The number of nitrogens with two attached hydrogens (primary N) is 1. The minimum absolute atomic E-state index is 0.0892. The van der Waals surface area contributed by atoms with Crippen LogP contribution in [0.25, 0.3) is 0 Å². The third kappa shape index (κ3) is 2.39. The molecule has 0 spiro atoms. The summed E-state index contributed by atoms with van der Waals surface area (Å²) >= 11 is 0. The van der Waals surface area contributed by atoms with Gasteiger partial charge in [-0.15, -0.1) is 0 Å². The Morgan fingerprint density at radius 3 is 2.76 bits per heavy atom. The van der Waals surface area contributed by atoms with Crippen molar-refractivity contribution in [2.45, 2.75) is 30.4 Å². The minimum Gasteiger partial charge on any atom is -0.380 e. The molecular weight excluding hydrogens is 213 g/mol. The van der Waals surface area contributed by atoms with Gasteiger partial charge in [-0.05, 0) is 17.8 Å². The van der Waals surface area contributed by atoms with Crippen molar-refractivity contribution in [2.75, 3.05) is 13.2 Å². The highest BCUT2D eigenvalue weighted by Crippen LogP contribution is 2.35. The van der Waals surface area contributed by atoms with Crippen molar-refractivity contribution in [3.8, 4) is 0 Å². The van der Waals surface area contributed by atoms with Gasteiger partial charge in [-0.25, -0.2) is 0 Å². The molecule has 1 radical (unpaired) electrons. The molecule has 2 aliphatic rings. The molecule has 4 heteroatoms. The maximum atomic E-state index is 5.94. The fraction of sp³-hybridized carbons (Fsp3) is 0.538. The van der Waals surface area contributed by atoms with Crippen LogP contribution >= 0.6 is 0 Å². The van der Waals surface area contributed by atoms with Crippen molar-refractivity contribution in [3.63, 3.8) is 0 Å². The van der Waals surface area contributed by atoms with Crippen molar-refractivity contribution in [1.29, 1.82) is 0 Å². The van der Waals surface area contributed by atoms with Gasteiger partial charge in [0.2, 0.25) is 0 Å². The molecule has 3 rings (SSSR count). The van der Waals surface area contributed by atoms with E-state index in [4.69, 9.17) is 15.2 Å². The molecule has 17 heavy (non-hydrogen) atoms. The highest BCUT2D eigenvalue weighted by Gasteiger charge is 2.37. The molecule has 2 heterocycles. The summed E-state index contributed by atoms with van der Waals surface area (Å²) < 4.78 is 11.5. The summed E-state index contributed by atoms with van der Waals surface area (Å²) in [5, 5.41) is 0. The molecule has 4 atom stereocenters. The summed E-state index contributed by atoms with van der Waals surface area (Å²) in [6.07, 6.45) is 1.21. The lowest BCUT2D eigenvalue weighted by Gasteiger charge is -2.40. The lowest BCUT2D eigenvalue weighted by atomic mass is 9.52. The van der Waals surface area contributed by atoms with E-state index < -0.39 is 0 Å². The summed E-state index contributed by atoms with van der Waals surface area (Å²) in [6.45, 7) is 1.34. The molecule has 0 aliphatic carbocycles. The summed E-state index contributed by atoms with van der Waals surface area (Å²) in [6, 6.07) is 10.6. The first-order valence-corrected chi connectivity index (χ1v) is 6.21. The standard InChI is InChI=1S/C13H17BNO2/c15-10-6-11-12(16-7-10)8-17-13(14-11)9-4-2-1-3-5-9/h1-5,10-13H,6-8,15H2. The van der Waals surface area contributed by atoms with E-state index in [-0.39, 0.29) is 18.1 Å². The highest BCUT2D eigenvalue weighted by atomic mass is 16.5. The monoisotopic (exact) mass is 230 g/mol. The molecule has 3 nitrogen and oxygen atoms in total. The Labute approximate surface area is 103 Å². The second kappa shape index (κ2) is 4.80. The number of ether oxygens (including phenoxy) is 2. The van der Waals surface area contributed by atoms with E-state index in [9.17, 15) is 0 Å². The third-order valence-corrected chi connectivity index (χ3v) is 3.57. The Hall–Kier alpha value is -0.835. The Balaban J connectivity index is 1.70. The zero-order valence-electron chi connectivity index (χ0n) is 9.79. The number of benzene rings is 1. The number of rotatable bonds is 1. The fourth-order valence-corrected chi connectivity index (χ4v) is 2.64. The topological polar surface area (TPSA) is 44.5 Å². The largest absolute Gasteiger partial charge is 0.380 e. The van der Waals surface area contributed by atoms with Gasteiger partial charge in [0.1, 0.15) is 0 Å². The molecule has 89 valence electrons. The van der Waals surface area contributed by atoms with Crippen LogP contribution < -0.4 is 5.73 Å². The first-order valence-electron chi connectivity index (χ1n) is 6.21. The predicted molar refractivity (Wildman–Crippen MR) is 67.0 cm³/mol. The lowest BCUT2D eigenvalue weighted by Crippen LogP contribution is -2.47. The van der Waals surface area contributed by atoms with E-state index in [1.54, 1.807) is 0 Å². The lowest BCUT2D eigenvalue weighted by molar-refractivity contribution is -0.0693. The van der Waals surface area contributed by atoms with Crippen LogP contribution in [0.3, 0.4) is 0 Å². The Morgan fingerprint density at radius 2 is 1.94 bits per heavy atom. The molecule has 1 aromatic carbocycles. The van der Waals surface area contributed by atoms with Crippen molar-refractivity contribution in [1.82, 2.24) is 0 Å². The van der Waals surface area contributed by atoms with Crippen LogP contribution in [0, 0.1) is 0 Å². The summed E-state index contributed by atoms with van der Waals surface area (Å²) in [5.74, 6) is 0.428. The molecule has 2 aliphatic heterocycles. The normalized spacial score (nSPS) is 37.0. The summed E-state index contributed by atoms with van der Waals surface area (Å²) in [5.41, 5.74) is 7.15. The smallest absolute Gasteiger partial charge is 0.162 e. The van der Waals surface area contributed by atoms with Gasteiger partial charge in [0.05, 0.1) is 19.3 Å². The molecule has 2 saturated heterocycles. The van der Waals surface area contributed by atoms with E-state index in [1.807, 2.05) is 18.2 Å². The van der Waals surface area contributed by atoms with Crippen LogP contribution in [0.2, 0.25) is 5.82 Å². The minimum atomic E-state index is 0.0892. The molecule has 4 unspecified atom stereocenters. The fourth-order valence-electron chi connectivity index (χ4n) is 2.64. The molecule has 0 saturated carbocycles. The highest BCUT2D eigenvalue weighted by molar-refractivity contribution is 6.39. The van der Waals surface area contributed by atoms with Crippen LogP contribution in [0.5, 0.6) is 0 Å². The van der Waals surface area contributed by atoms with Crippen LogP contribution in [-0.2, 0) is 9.47 Å². The maximum absolute atomic E-state index is 5.94. The first-order chi connectivity index (χ1) is 8.33. The van der Waals surface area contributed by atoms with Gasteiger partial charge in [-0.2, -0.15) is 0 Å². The average Bonchev–Trinajstić information content (AvgIpc) is 2.39. The molecule has 2 fully saturated rings. The SMILES string of the molecule is NC1COC2COC(c3ccccc3)[B]C2C1. The average molecular weight is 230 g/mol. The molecule has 2 N–H and O–H groups in total. The van der Waals surface area contributed by atoms with Gasteiger partial charge in [-0.1, -0.05) is 30.3 Å². The van der Waals surface area contributed by atoms with Gasteiger partial charge < -0.3 is 15.2 Å². The Morgan fingerprint density at radius 1 is 1.12 bits per heavy atom. The maximum Gasteiger partial charge on any atom is 0.162 e. The van der Waals surface area contributed by atoms with Crippen molar-refractivity contribution in [2.24, 2.45) is 5.73 Å². The van der Waals surface area contributed by atoms with Gasteiger partial charge in [-0.3, -0.25) is 0 Å². The van der Waals surface area contributed by atoms with Crippen LogP contribution in [0.4, 0.5) is 0 Å². The van der Waals surface area contributed by atoms with Crippen LogP contribution in [-0.4, -0.2) is 32.6 Å². The zero-order valence-corrected chi connectivity index (χ0v) is 9.79. The Bertz CT molecular complexity index is 373. The summed E-state index contributed by atoms with van der Waals surface area (Å²) in [4.78, 5) is 0. The molecule has 0 bridgehead atoms. The van der Waals surface area contributed by atoms with Crippen LogP contribution in [0.1, 0.15) is 18.0 Å². The van der Waals surface area contributed by atoms with Gasteiger partial charge in [0.15, 0.2) is 7.28 Å². The predicted octanol–water partition coefficient (Wildman–Crippen LogP) is 1.32. The van der Waals surface area contributed by atoms with Gasteiger partial charge in [0.25, 0.3) is 0 Å². The van der Waals surface area contributed by atoms with E-state index in [0.717, 1.165) is 6.42 Å². The van der Waals surface area contributed by atoms with E-state index in [0.29, 0.717) is 19.0 Å². The quantitative estimate of drug-likeness (QED) is 0.740. The number of hydrogen-bond donors (Lipinski definition) is 1. The van der Waals surface area contributed by atoms with E-state index in [1.165, 1.54) is 5.56 Å². The van der Waals surface area contributed by atoms with Gasteiger partial charge in [0, 0.05) is 12.0 Å². The Kier molecular flexibility index (Phi) is 3.18. The van der Waals surface area contributed by atoms with Crippen LogP contribution in [0.15, 0.2) is 30.3 Å². The van der Waals surface area contributed by atoms with Crippen molar-refractivity contribution < 1.29 is 9.47 Å². The van der Waals surface area contributed by atoms with Gasteiger partial charge >= 0.3 is 0 Å². The number of fused-ring (bicyclic) bond motifs is 1. The van der Waals surface area contributed by atoms with E-state index in [2.05, 4.69) is 19.4 Å².